The molecule has 9 atom stereocenters. The number of amides is 11. The van der Waals surface area contributed by atoms with Crippen LogP contribution in [0.4, 0.5) is 0 Å². The Balaban J connectivity index is 1.33. The van der Waals surface area contributed by atoms with Gasteiger partial charge < -0.3 is 60.5 Å². The Bertz CT molecular complexity index is 2620. The van der Waals surface area contributed by atoms with Crippen LogP contribution in [0.3, 0.4) is 0 Å². The van der Waals surface area contributed by atoms with E-state index in [1.54, 1.807) is 27.8 Å². The molecule has 88 heavy (non-hydrogen) atoms. The zero-order valence-corrected chi connectivity index (χ0v) is 55.6. The van der Waals surface area contributed by atoms with Crippen molar-refractivity contribution in [1.82, 2.24) is 60.5 Å². The predicted molar refractivity (Wildman–Crippen MR) is 335 cm³/mol. The van der Waals surface area contributed by atoms with Crippen molar-refractivity contribution in [2.75, 3.05) is 82.1 Å². The summed E-state index contributed by atoms with van der Waals surface area (Å²) in [5.74, 6) is -6.00. The van der Waals surface area contributed by atoms with Gasteiger partial charge in [0.25, 0.3) is 0 Å². The minimum absolute atomic E-state index is 0.134. The number of benzene rings is 1. The lowest BCUT2D eigenvalue weighted by Crippen LogP contribution is -2.65. The fraction of sp³-hybridized carbons (Fsp3) is 0.738. The summed E-state index contributed by atoms with van der Waals surface area (Å²) in [5, 5.41) is 12.1. The van der Waals surface area contributed by atoms with E-state index in [-0.39, 0.29) is 62.0 Å². The van der Waals surface area contributed by atoms with Gasteiger partial charge in [-0.05, 0) is 108 Å². The Kier molecular flexibility index (Phi) is 26.8. The largest absolute Gasteiger partial charge is 0.355 e. The molecular formula is C65H106N12O11. The van der Waals surface area contributed by atoms with Gasteiger partial charge in [-0.25, -0.2) is 0 Å². The summed E-state index contributed by atoms with van der Waals surface area (Å²) < 4.78 is 0. The summed E-state index contributed by atoms with van der Waals surface area (Å²) in [5.41, 5.74) is 0.639. The van der Waals surface area contributed by atoms with Gasteiger partial charge in [-0.15, -0.1) is 0 Å². The first-order valence-electron chi connectivity index (χ1n) is 32.4. The third-order valence-electron chi connectivity index (χ3n) is 19.0. The van der Waals surface area contributed by atoms with Gasteiger partial charge >= 0.3 is 0 Å². The van der Waals surface area contributed by atoms with E-state index in [9.17, 15) is 47.9 Å². The SMILES string of the molecule is CCCNC(=O)CN(C)C(=O)[C@H](Cc1ccc(C)cc1)N(CC)C(=O)[C@@H]1CCN1C(=O)[C@H](C)N(C)C(=O)[C@@H](NC(=O)[C@H](CC(C)C)N(C)C(=O)C[C@@H](C(=O)N(C)C)N(C)C(=O)[C@H](C1CCCC1)N(C)C(=O)C1(NC(=O)C2CCCN2)CCCC1)[C@@H](C)CC. The Labute approximate surface area is 523 Å². The molecule has 492 valence electrons. The van der Waals surface area contributed by atoms with Crippen molar-refractivity contribution in [3.05, 3.63) is 35.4 Å². The number of hydrogen-bond acceptors (Lipinski definition) is 12. The first kappa shape index (κ1) is 72.1. The molecule has 23 nitrogen and oxygen atoms in total. The number of carbonyl (C=O) groups is 11. The van der Waals surface area contributed by atoms with Crippen LogP contribution in [0.1, 0.15) is 156 Å². The van der Waals surface area contributed by atoms with Crippen molar-refractivity contribution < 1.29 is 52.7 Å². The number of carbonyl (C=O) groups excluding carboxylic acids is 11. The second kappa shape index (κ2) is 32.7. The van der Waals surface area contributed by atoms with Crippen LogP contribution in [0, 0.1) is 24.7 Å². The van der Waals surface area contributed by atoms with Crippen molar-refractivity contribution >= 4 is 65.0 Å². The van der Waals surface area contributed by atoms with Crippen molar-refractivity contribution in [3.8, 4) is 0 Å². The first-order chi connectivity index (χ1) is 41.5. The molecule has 2 aliphatic heterocycles. The zero-order chi connectivity index (χ0) is 65.5. The van der Waals surface area contributed by atoms with Gasteiger partial charge in [-0.1, -0.05) is 96.6 Å². The smallest absolute Gasteiger partial charge is 0.248 e. The van der Waals surface area contributed by atoms with Gasteiger partial charge in [0.15, 0.2) is 0 Å². The molecule has 2 saturated carbocycles. The Hall–Kier alpha value is -6.65. The lowest BCUT2D eigenvalue weighted by atomic mass is 9.90. The summed E-state index contributed by atoms with van der Waals surface area (Å²) in [4.78, 5) is 169. The standard InChI is InChI=1S/C65H106N12O11/c1-16-34-67-52(78)40-71(11)60(84)51(38-45-29-27-42(6)28-30-45)76(18-3)61(85)48-31-36-77(48)58(82)44(8)72(12)62(86)54(43(7)17-2)68-57(81)49(37-41(4)5)73(13)53(79)39-50(59(83)70(9)10)74(14)63(87)55(46-24-19-20-25-46)75(15)64(88)65(32-21-22-33-65)69-56(80)47-26-23-35-66-47/h27-30,41,43-44,46-51,54-55,66H,16-26,31-40H2,1-15H3,(H,67,78)(H,68,81)(H,69,80)/t43-,44-,47?,48-,49-,50-,51-,54-,55-/m0/s1. The van der Waals surface area contributed by atoms with Crippen molar-refractivity contribution in [1.29, 1.82) is 0 Å². The number of nitrogens with zero attached hydrogens (tertiary/aromatic N) is 8. The fourth-order valence-corrected chi connectivity index (χ4v) is 13.0. The molecule has 1 unspecified atom stereocenters. The number of rotatable bonds is 30. The van der Waals surface area contributed by atoms with E-state index in [2.05, 4.69) is 21.3 Å². The molecule has 1 aromatic carbocycles. The maximum Gasteiger partial charge on any atom is 0.248 e. The number of aryl methyl sites for hydroxylation is 1. The monoisotopic (exact) mass is 1230 g/mol. The normalized spacial score (nSPS) is 19.6. The summed E-state index contributed by atoms with van der Waals surface area (Å²) in [7, 11) is 10.6. The minimum Gasteiger partial charge on any atom is -0.355 e. The van der Waals surface area contributed by atoms with E-state index in [4.69, 9.17) is 0 Å². The van der Waals surface area contributed by atoms with Crippen LogP contribution in [0.25, 0.3) is 0 Å². The van der Waals surface area contributed by atoms with Crippen LogP contribution in [0.15, 0.2) is 24.3 Å². The van der Waals surface area contributed by atoms with E-state index < -0.39 is 113 Å². The minimum atomic E-state index is -1.34. The predicted octanol–water partition coefficient (Wildman–Crippen LogP) is 3.09. The average Bonchev–Trinajstić information content (AvgIpc) is 2.79. The van der Waals surface area contributed by atoms with Gasteiger partial charge in [-0.3, -0.25) is 52.7 Å². The van der Waals surface area contributed by atoms with Crippen LogP contribution in [0.5, 0.6) is 0 Å². The molecule has 0 bridgehead atoms. The van der Waals surface area contributed by atoms with Crippen LogP contribution in [0.2, 0.25) is 0 Å². The molecule has 2 heterocycles. The molecule has 2 saturated heterocycles. The molecule has 11 amide bonds. The highest BCUT2D eigenvalue weighted by molar-refractivity contribution is 6.00. The summed E-state index contributed by atoms with van der Waals surface area (Å²) in [6.07, 6.45) is 8.15. The molecule has 0 spiro atoms. The maximum absolute atomic E-state index is 15.2. The summed E-state index contributed by atoms with van der Waals surface area (Å²) in [6, 6.07) is -0.435. The molecule has 4 aliphatic rings. The second-order valence-electron chi connectivity index (χ2n) is 26.1. The van der Waals surface area contributed by atoms with Crippen LogP contribution >= 0.6 is 0 Å². The van der Waals surface area contributed by atoms with Crippen molar-refractivity contribution in [3.63, 3.8) is 0 Å². The highest BCUT2D eigenvalue weighted by Crippen LogP contribution is 2.37. The number of hydrogen-bond donors (Lipinski definition) is 4. The lowest BCUT2D eigenvalue weighted by molar-refractivity contribution is -0.160. The fourth-order valence-electron chi connectivity index (χ4n) is 13.0. The lowest BCUT2D eigenvalue weighted by Gasteiger charge is -2.45. The van der Waals surface area contributed by atoms with E-state index >= 15 is 4.79 Å². The molecule has 4 N–H and O–H groups in total. The van der Waals surface area contributed by atoms with Crippen LogP contribution in [-0.4, -0.2) is 240 Å². The highest BCUT2D eigenvalue weighted by atomic mass is 16.2. The number of nitrogens with one attached hydrogen (secondary N) is 4. The van der Waals surface area contributed by atoms with Gasteiger partial charge in [0, 0.05) is 75.4 Å². The molecule has 2 aliphatic carbocycles. The van der Waals surface area contributed by atoms with Gasteiger partial charge in [0.05, 0.1) is 19.0 Å². The maximum atomic E-state index is 15.2. The number of likely N-dealkylation sites (tertiary alicyclic amines) is 1. The Morgan fingerprint density at radius 3 is 1.88 bits per heavy atom. The second-order valence-corrected chi connectivity index (χ2v) is 26.1. The molecule has 1 aromatic rings. The molecule has 23 heteroatoms. The Morgan fingerprint density at radius 1 is 0.705 bits per heavy atom. The van der Waals surface area contributed by atoms with Crippen molar-refractivity contribution in [2.24, 2.45) is 17.8 Å². The number of likely N-dealkylation sites (N-methyl/N-ethyl adjacent to an activating group) is 7. The van der Waals surface area contributed by atoms with Crippen LogP contribution in [-0.2, 0) is 59.2 Å². The van der Waals surface area contributed by atoms with Gasteiger partial charge in [-0.2, -0.15) is 0 Å². The third kappa shape index (κ3) is 17.6. The molecule has 4 fully saturated rings. The van der Waals surface area contributed by atoms with Gasteiger partial charge in [0.2, 0.25) is 65.0 Å². The molecule has 5 rings (SSSR count). The quantitative estimate of drug-likeness (QED) is 0.0867. The average molecular weight is 1230 g/mol. The van der Waals surface area contributed by atoms with E-state index in [0.29, 0.717) is 58.0 Å². The molecule has 0 radical (unpaired) electrons. The molecular weight excluding hydrogens is 1120 g/mol. The van der Waals surface area contributed by atoms with E-state index in [1.165, 1.54) is 81.5 Å². The van der Waals surface area contributed by atoms with Crippen molar-refractivity contribution in [2.45, 2.75) is 212 Å². The molecule has 0 aromatic heterocycles. The summed E-state index contributed by atoms with van der Waals surface area (Å²) in [6.45, 7) is 15.9. The van der Waals surface area contributed by atoms with Gasteiger partial charge in [0.1, 0.15) is 47.8 Å². The third-order valence-corrected chi connectivity index (χ3v) is 19.0. The first-order valence-corrected chi connectivity index (χ1v) is 32.4. The zero-order valence-electron chi connectivity index (χ0n) is 55.6. The topological polar surface area (TPSA) is 262 Å². The van der Waals surface area contributed by atoms with Crippen LogP contribution < -0.4 is 21.3 Å². The Morgan fingerprint density at radius 2 is 1.34 bits per heavy atom. The highest BCUT2D eigenvalue weighted by Gasteiger charge is 2.51. The van der Waals surface area contributed by atoms with E-state index in [0.717, 1.165) is 49.7 Å². The van der Waals surface area contributed by atoms with E-state index in [1.807, 2.05) is 58.9 Å². The summed E-state index contributed by atoms with van der Waals surface area (Å²) >= 11 is 0.